The predicted molar refractivity (Wildman–Crippen MR) is 47.6 cm³/mol. The monoisotopic (exact) mass is 161 g/mol. The molecule has 1 aliphatic rings. The second-order valence-electron chi connectivity index (χ2n) is 2.59. The Morgan fingerprint density at radius 3 is 2.18 bits per heavy atom. The molecule has 0 radical (unpaired) electrons. The van der Waals surface area contributed by atoms with Gasteiger partial charge in [-0.15, -0.1) is 0 Å². The van der Waals surface area contributed by atoms with Gasteiger partial charge in [0.2, 0.25) is 0 Å². The number of rotatable bonds is 3. The third-order valence-corrected chi connectivity index (χ3v) is 1.81. The van der Waals surface area contributed by atoms with Gasteiger partial charge in [0.05, 0.1) is 6.67 Å². The van der Waals surface area contributed by atoms with Gasteiger partial charge in [0.15, 0.2) is 0 Å². The van der Waals surface area contributed by atoms with Gasteiger partial charge in [-0.2, -0.15) is 0 Å². The maximum absolute atomic E-state index is 11.6. The molecule has 0 aromatic carbocycles. The predicted octanol–water partition coefficient (Wildman–Crippen LogP) is 2.47. The molecule has 1 nitrogen and oxygen atoms in total. The van der Waals surface area contributed by atoms with Gasteiger partial charge in [-0.05, 0) is 32.4 Å². The largest absolute Gasteiger partial charge is 0.303 e. The van der Waals surface area contributed by atoms with E-state index in [1.54, 1.807) is 0 Å². The Kier molecular flexibility index (Phi) is 7.91. The average Bonchev–Trinajstić information content (AvgIpc) is 2.57. The zero-order valence-corrected chi connectivity index (χ0v) is 7.77. The van der Waals surface area contributed by atoms with E-state index in [2.05, 4.69) is 4.90 Å². The first kappa shape index (κ1) is 10.9. The van der Waals surface area contributed by atoms with E-state index in [4.69, 9.17) is 0 Å². The van der Waals surface area contributed by atoms with Crippen LogP contribution in [-0.2, 0) is 0 Å². The summed E-state index contributed by atoms with van der Waals surface area (Å²) in [7, 11) is 0. The lowest BCUT2D eigenvalue weighted by atomic mass is 10.4. The Bertz CT molecular complexity index is 70.0. The lowest BCUT2D eigenvalue weighted by Crippen LogP contribution is -2.20. The maximum Gasteiger partial charge on any atom is 0.0906 e. The Labute approximate surface area is 69.6 Å². The molecule has 0 aliphatic carbocycles. The molecule has 0 spiro atoms. The number of halogens is 1. The van der Waals surface area contributed by atoms with Crippen LogP contribution in [0.2, 0.25) is 0 Å². The van der Waals surface area contributed by atoms with Gasteiger partial charge in [-0.1, -0.05) is 13.8 Å². The minimum Gasteiger partial charge on any atom is -0.303 e. The lowest BCUT2D eigenvalue weighted by molar-refractivity contribution is 0.312. The normalized spacial score (nSPS) is 17.7. The van der Waals surface area contributed by atoms with E-state index in [0.29, 0.717) is 0 Å². The van der Waals surface area contributed by atoms with Gasteiger partial charge in [-0.25, -0.2) is 0 Å². The molecule has 0 bridgehead atoms. The number of nitrogens with zero attached hydrogens (tertiary/aromatic N) is 1. The van der Waals surface area contributed by atoms with Crippen LogP contribution in [0.25, 0.3) is 0 Å². The first-order valence-corrected chi connectivity index (χ1v) is 4.72. The van der Waals surface area contributed by atoms with Crippen molar-refractivity contribution in [2.75, 3.05) is 26.3 Å². The summed E-state index contributed by atoms with van der Waals surface area (Å²) in [6.45, 7) is 7.20. The molecule has 11 heavy (non-hydrogen) atoms. The zero-order chi connectivity index (χ0) is 8.53. The van der Waals surface area contributed by atoms with Crippen molar-refractivity contribution < 1.29 is 4.39 Å². The highest BCUT2D eigenvalue weighted by atomic mass is 19.1. The Morgan fingerprint density at radius 1 is 1.18 bits per heavy atom. The van der Waals surface area contributed by atoms with Crippen molar-refractivity contribution in [1.29, 1.82) is 0 Å². The van der Waals surface area contributed by atoms with Crippen molar-refractivity contribution >= 4 is 0 Å². The van der Waals surface area contributed by atoms with Crippen LogP contribution < -0.4 is 0 Å². The second kappa shape index (κ2) is 7.99. The highest BCUT2D eigenvalue weighted by Gasteiger charge is 2.09. The van der Waals surface area contributed by atoms with Crippen LogP contribution in [0.15, 0.2) is 0 Å². The van der Waals surface area contributed by atoms with E-state index in [0.717, 1.165) is 13.0 Å². The van der Waals surface area contributed by atoms with Crippen LogP contribution in [0.1, 0.15) is 33.1 Å². The Morgan fingerprint density at radius 2 is 1.73 bits per heavy atom. The summed E-state index contributed by atoms with van der Waals surface area (Å²) in [5.74, 6) is 0. The first-order valence-electron chi connectivity index (χ1n) is 4.72. The van der Waals surface area contributed by atoms with E-state index in [1.807, 2.05) is 13.8 Å². The molecule has 1 fully saturated rings. The first-order chi connectivity index (χ1) is 5.43. The highest BCUT2D eigenvalue weighted by Crippen LogP contribution is 2.06. The van der Waals surface area contributed by atoms with Crippen LogP contribution >= 0.6 is 0 Å². The molecule has 1 aliphatic heterocycles. The van der Waals surface area contributed by atoms with Crippen molar-refractivity contribution in [3.63, 3.8) is 0 Å². The number of likely N-dealkylation sites (tertiary alicyclic amines) is 1. The van der Waals surface area contributed by atoms with Crippen LogP contribution in [-0.4, -0.2) is 31.2 Å². The highest BCUT2D eigenvalue weighted by molar-refractivity contribution is 4.64. The Balaban J connectivity index is 0.000000461. The van der Waals surface area contributed by atoms with Crippen molar-refractivity contribution in [2.45, 2.75) is 33.1 Å². The van der Waals surface area contributed by atoms with Gasteiger partial charge >= 0.3 is 0 Å². The molecule has 1 saturated heterocycles. The molecule has 2 heteroatoms. The minimum absolute atomic E-state index is 0.156. The van der Waals surface area contributed by atoms with Gasteiger partial charge < -0.3 is 4.90 Å². The molecule has 0 aromatic rings. The number of alkyl halides is 1. The van der Waals surface area contributed by atoms with Gasteiger partial charge in [0.1, 0.15) is 0 Å². The molecule has 0 saturated carbocycles. The molecule has 0 atom stereocenters. The molecule has 0 N–H and O–H groups in total. The summed E-state index contributed by atoms with van der Waals surface area (Å²) in [5.41, 5.74) is 0. The van der Waals surface area contributed by atoms with E-state index < -0.39 is 0 Å². The summed E-state index contributed by atoms with van der Waals surface area (Å²) in [5, 5.41) is 0. The zero-order valence-electron chi connectivity index (χ0n) is 7.77. The van der Waals surface area contributed by atoms with E-state index in [9.17, 15) is 4.39 Å². The van der Waals surface area contributed by atoms with Crippen molar-refractivity contribution in [3.05, 3.63) is 0 Å². The fourth-order valence-corrected chi connectivity index (χ4v) is 1.29. The minimum atomic E-state index is -0.156. The topological polar surface area (TPSA) is 3.24 Å². The molecule has 0 amide bonds. The fourth-order valence-electron chi connectivity index (χ4n) is 1.29. The third-order valence-electron chi connectivity index (χ3n) is 1.81. The standard InChI is InChI=1S/C7H14FN.C2H6/c8-4-3-7-9-5-1-2-6-9;1-2/h1-7H2;1-2H3. The van der Waals surface area contributed by atoms with Crippen molar-refractivity contribution in [3.8, 4) is 0 Å². The average molecular weight is 161 g/mol. The number of hydrogen-bond donors (Lipinski definition) is 0. The molecule has 0 unspecified atom stereocenters. The maximum atomic E-state index is 11.6. The molecule has 1 heterocycles. The third kappa shape index (κ3) is 5.19. The van der Waals surface area contributed by atoms with Crippen LogP contribution in [0.4, 0.5) is 4.39 Å². The molecule has 1 rings (SSSR count). The van der Waals surface area contributed by atoms with E-state index >= 15 is 0 Å². The van der Waals surface area contributed by atoms with E-state index in [1.165, 1.54) is 25.9 Å². The molecule has 0 aromatic heterocycles. The van der Waals surface area contributed by atoms with Gasteiger partial charge in [0.25, 0.3) is 0 Å². The summed E-state index contributed by atoms with van der Waals surface area (Å²) >= 11 is 0. The van der Waals surface area contributed by atoms with Crippen LogP contribution in [0.3, 0.4) is 0 Å². The van der Waals surface area contributed by atoms with Crippen LogP contribution in [0, 0.1) is 0 Å². The van der Waals surface area contributed by atoms with Gasteiger partial charge in [0, 0.05) is 6.54 Å². The molecular weight excluding hydrogens is 141 g/mol. The summed E-state index contributed by atoms with van der Waals surface area (Å²) < 4.78 is 11.6. The lowest BCUT2D eigenvalue weighted by Gasteiger charge is -2.11. The number of hydrogen-bond acceptors (Lipinski definition) is 1. The smallest absolute Gasteiger partial charge is 0.0906 e. The molecule has 68 valence electrons. The summed E-state index contributed by atoms with van der Waals surface area (Å²) in [6, 6.07) is 0. The summed E-state index contributed by atoms with van der Waals surface area (Å²) in [6.07, 6.45) is 3.35. The Hall–Kier alpha value is -0.110. The van der Waals surface area contributed by atoms with Crippen molar-refractivity contribution in [2.24, 2.45) is 0 Å². The summed E-state index contributed by atoms with van der Waals surface area (Å²) in [4.78, 5) is 2.33. The SMILES string of the molecule is CC.FCCCN1CCCC1. The fraction of sp³-hybridized carbons (Fsp3) is 1.00. The van der Waals surface area contributed by atoms with E-state index in [-0.39, 0.29) is 6.67 Å². The second-order valence-corrected chi connectivity index (χ2v) is 2.59. The van der Waals surface area contributed by atoms with Crippen LogP contribution in [0.5, 0.6) is 0 Å². The molecular formula is C9H20FN. The van der Waals surface area contributed by atoms with Gasteiger partial charge in [-0.3, -0.25) is 4.39 Å². The quantitative estimate of drug-likeness (QED) is 0.614. The van der Waals surface area contributed by atoms with Crippen molar-refractivity contribution in [1.82, 2.24) is 4.90 Å².